The fourth-order valence-electron chi connectivity index (χ4n) is 1.88. The summed E-state index contributed by atoms with van der Waals surface area (Å²) in [5.74, 6) is -0.114. The van der Waals surface area contributed by atoms with E-state index in [1.165, 1.54) is 12.4 Å². The van der Waals surface area contributed by atoms with Crippen LogP contribution in [0.3, 0.4) is 0 Å². The number of carbonyl (C=O) groups is 1. The smallest absolute Gasteiger partial charge is 0.319 e. The molecule has 0 aliphatic rings. The van der Waals surface area contributed by atoms with Crippen LogP contribution in [0.1, 0.15) is 22.7 Å². The minimum atomic E-state index is -2.64. The van der Waals surface area contributed by atoms with E-state index in [0.29, 0.717) is 11.3 Å². The fraction of sp³-hybridized carbons (Fsp3) is 0.286. The average molecular weight is 310 g/mol. The summed E-state index contributed by atoms with van der Waals surface area (Å²) in [5.41, 5.74) is 1.02. The first-order valence-electron chi connectivity index (χ1n) is 6.64. The number of anilines is 1. The van der Waals surface area contributed by atoms with E-state index in [1.807, 2.05) is 0 Å². The van der Waals surface area contributed by atoms with Crippen LogP contribution in [-0.4, -0.2) is 33.7 Å². The van der Waals surface area contributed by atoms with Crippen molar-refractivity contribution < 1.29 is 18.7 Å². The minimum Gasteiger partial charge on any atom is -0.395 e. The first-order valence-corrected chi connectivity index (χ1v) is 6.64. The average Bonchev–Trinajstić information content (AvgIpc) is 2.99. The number of aromatic nitrogens is 2. The second-order valence-electron chi connectivity index (χ2n) is 4.44. The SMILES string of the molecule is O=C(NCCO)c1cccc(NCc2nccn2C(F)F)c1. The number of nitrogens with one attached hydrogen (secondary N) is 2. The molecule has 0 fully saturated rings. The molecular formula is C14H16F2N4O2. The Kier molecular flexibility index (Phi) is 5.42. The Bertz CT molecular complexity index is 631. The van der Waals surface area contributed by atoms with Crippen molar-refractivity contribution in [1.82, 2.24) is 14.9 Å². The fourth-order valence-corrected chi connectivity index (χ4v) is 1.88. The first-order chi connectivity index (χ1) is 10.6. The van der Waals surface area contributed by atoms with Crippen LogP contribution < -0.4 is 10.6 Å². The van der Waals surface area contributed by atoms with Gasteiger partial charge in [-0.2, -0.15) is 8.78 Å². The number of rotatable bonds is 7. The molecule has 118 valence electrons. The van der Waals surface area contributed by atoms with E-state index in [1.54, 1.807) is 24.3 Å². The van der Waals surface area contributed by atoms with Gasteiger partial charge in [-0.25, -0.2) is 4.98 Å². The summed E-state index contributed by atoms with van der Waals surface area (Å²) in [6, 6.07) is 6.62. The maximum Gasteiger partial charge on any atom is 0.319 e. The number of alkyl halides is 2. The van der Waals surface area contributed by atoms with Crippen LogP contribution >= 0.6 is 0 Å². The lowest BCUT2D eigenvalue weighted by molar-refractivity contribution is 0.0672. The third kappa shape index (κ3) is 4.01. The van der Waals surface area contributed by atoms with Gasteiger partial charge >= 0.3 is 6.55 Å². The second-order valence-corrected chi connectivity index (χ2v) is 4.44. The van der Waals surface area contributed by atoms with E-state index >= 15 is 0 Å². The number of hydrogen-bond acceptors (Lipinski definition) is 4. The van der Waals surface area contributed by atoms with Gasteiger partial charge in [-0.15, -0.1) is 0 Å². The van der Waals surface area contributed by atoms with Gasteiger partial charge in [-0.05, 0) is 18.2 Å². The maximum atomic E-state index is 12.7. The molecule has 3 N–H and O–H groups in total. The van der Waals surface area contributed by atoms with Crippen LogP contribution in [0.4, 0.5) is 14.5 Å². The molecule has 2 rings (SSSR count). The highest BCUT2D eigenvalue weighted by molar-refractivity contribution is 5.95. The van der Waals surface area contributed by atoms with Crippen LogP contribution in [0.15, 0.2) is 36.7 Å². The number of carbonyl (C=O) groups excluding carboxylic acids is 1. The Balaban J connectivity index is 2.01. The second kappa shape index (κ2) is 7.51. The summed E-state index contributed by atoms with van der Waals surface area (Å²) in [4.78, 5) is 15.6. The van der Waals surface area contributed by atoms with Crippen molar-refractivity contribution in [3.05, 3.63) is 48.0 Å². The summed E-state index contributed by atoms with van der Waals surface area (Å²) < 4.78 is 26.2. The third-order valence-corrected chi connectivity index (χ3v) is 2.93. The molecule has 0 spiro atoms. The van der Waals surface area contributed by atoms with E-state index in [-0.39, 0.29) is 31.4 Å². The summed E-state index contributed by atoms with van der Waals surface area (Å²) in [6.45, 7) is -2.50. The molecule has 0 aliphatic heterocycles. The van der Waals surface area contributed by atoms with E-state index < -0.39 is 6.55 Å². The highest BCUT2D eigenvalue weighted by atomic mass is 19.3. The van der Waals surface area contributed by atoms with Crippen molar-refractivity contribution in [2.24, 2.45) is 0 Å². The topological polar surface area (TPSA) is 79.2 Å². The normalized spacial score (nSPS) is 10.7. The molecule has 0 saturated heterocycles. The molecule has 0 aliphatic carbocycles. The zero-order valence-corrected chi connectivity index (χ0v) is 11.7. The van der Waals surface area contributed by atoms with Crippen LogP contribution in [0, 0.1) is 0 Å². The van der Waals surface area contributed by atoms with Gasteiger partial charge in [0, 0.05) is 30.2 Å². The molecule has 8 heteroatoms. The van der Waals surface area contributed by atoms with Crippen LogP contribution in [0.25, 0.3) is 0 Å². The summed E-state index contributed by atoms with van der Waals surface area (Å²) in [7, 11) is 0. The highest BCUT2D eigenvalue weighted by Crippen LogP contribution is 2.15. The van der Waals surface area contributed by atoms with Gasteiger partial charge in [0.05, 0.1) is 13.2 Å². The van der Waals surface area contributed by atoms with Crippen LogP contribution in [-0.2, 0) is 6.54 Å². The van der Waals surface area contributed by atoms with E-state index in [9.17, 15) is 13.6 Å². The summed E-state index contributed by atoms with van der Waals surface area (Å²) >= 11 is 0. The number of amides is 1. The molecule has 1 heterocycles. The molecule has 0 bridgehead atoms. The maximum absolute atomic E-state index is 12.7. The summed E-state index contributed by atoms with van der Waals surface area (Å²) in [6.07, 6.45) is 2.52. The van der Waals surface area contributed by atoms with Gasteiger partial charge < -0.3 is 15.7 Å². The molecule has 1 aromatic carbocycles. The predicted octanol–water partition coefficient (Wildman–Crippen LogP) is 1.61. The molecule has 22 heavy (non-hydrogen) atoms. The van der Waals surface area contributed by atoms with Crippen LogP contribution in [0.5, 0.6) is 0 Å². The van der Waals surface area contributed by atoms with Gasteiger partial charge in [0.1, 0.15) is 5.82 Å². The number of imidazole rings is 1. The molecule has 0 unspecified atom stereocenters. The standard InChI is InChI=1S/C14H16F2N4O2/c15-14(16)20-6-4-17-12(20)9-19-11-3-1-2-10(8-11)13(22)18-5-7-21/h1-4,6,8,14,19,21H,5,7,9H2,(H,18,22). The number of aliphatic hydroxyl groups excluding tert-OH is 1. The molecule has 0 saturated carbocycles. The monoisotopic (exact) mass is 310 g/mol. The van der Waals surface area contributed by atoms with Crippen molar-refractivity contribution in [2.75, 3.05) is 18.5 Å². The van der Waals surface area contributed by atoms with Crippen molar-refractivity contribution in [1.29, 1.82) is 0 Å². The van der Waals surface area contributed by atoms with Crippen molar-refractivity contribution in [2.45, 2.75) is 13.1 Å². The Morgan fingerprint density at radius 1 is 1.41 bits per heavy atom. The quantitative estimate of drug-likeness (QED) is 0.726. The van der Waals surface area contributed by atoms with Crippen molar-refractivity contribution in [3.63, 3.8) is 0 Å². The molecular weight excluding hydrogens is 294 g/mol. The predicted molar refractivity (Wildman–Crippen MR) is 76.7 cm³/mol. The number of nitrogens with zero attached hydrogens (tertiary/aromatic N) is 2. The van der Waals surface area contributed by atoms with Crippen molar-refractivity contribution in [3.8, 4) is 0 Å². The Labute approximate surface area is 125 Å². The molecule has 2 aromatic rings. The van der Waals surface area contributed by atoms with Gasteiger partial charge in [0.15, 0.2) is 0 Å². The van der Waals surface area contributed by atoms with E-state index in [4.69, 9.17) is 5.11 Å². The van der Waals surface area contributed by atoms with E-state index in [0.717, 1.165) is 4.57 Å². The first kappa shape index (κ1) is 15.9. The number of hydrogen-bond donors (Lipinski definition) is 3. The van der Waals surface area contributed by atoms with Gasteiger partial charge in [0.2, 0.25) is 0 Å². The Hall–Kier alpha value is -2.48. The molecule has 0 atom stereocenters. The summed E-state index contributed by atoms with van der Waals surface area (Å²) in [5, 5.41) is 14.2. The zero-order valence-electron chi connectivity index (χ0n) is 11.7. The van der Waals surface area contributed by atoms with Gasteiger partial charge in [-0.3, -0.25) is 9.36 Å². The van der Waals surface area contributed by atoms with Gasteiger partial charge in [0.25, 0.3) is 5.91 Å². The van der Waals surface area contributed by atoms with Crippen LogP contribution in [0.2, 0.25) is 0 Å². The van der Waals surface area contributed by atoms with Gasteiger partial charge in [-0.1, -0.05) is 6.07 Å². The molecule has 6 nitrogen and oxygen atoms in total. The molecule has 1 aromatic heterocycles. The highest BCUT2D eigenvalue weighted by Gasteiger charge is 2.11. The Morgan fingerprint density at radius 3 is 2.95 bits per heavy atom. The minimum absolute atomic E-state index is 0.110. The molecule has 0 radical (unpaired) electrons. The lowest BCUT2D eigenvalue weighted by Gasteiger charge is -2.10. The third-order valence-electron chi connectivity index (χ3n) is 2.93. The van der Waals surface area contributed by atoms with Crippen molar-refractivity contribution >= 4 is 11.6 Å². The number of halogens is 2. The number of benzene rings is 1. The zero-order chi connectivity index (χ0) is 15.9. The molecule has 1 amide bonds. The number of aliphatic hydroxyl groups is 1. The van der Waals surface area contributed by atoms with E-state index in [2.05, 4.69) is 15.6 Å². The largest absolute Gasteiger partial charge is 0.395 e. The lowest BCUT2D eigenvalue weighted by atomic mass is 10.2. The lowest BCUT2D eigenvalue weighted by Crippen LogP contribution is -2.26. The Morgan fingerprint density at radius 2 is 2.23 bits per heavy atom.